The second-order valence-electron chi connectivity index (χ2n) is 5.83. The molecule has 1 amide bonds. The first-order chi connectivity index (χ1) is 12.2. The van der Waals surface area contributed by atoms with Gasteiger partial charge in [-0.15, -0.1) is 0 Å². The standard InChI is InChI=1S/C20H16N4O/c1-14-5-4-6-15(11-14)20(25)23-16-9-10-19(21-12-16)24-13-22-17-7-2-3-8-18(17)24/h2-13H,1H3,(H,23,25). The highest BCUT2D eigenvalue weighted by molar-refractivity contribution is 6.04. The minimum Gasteiger partial charge on any atom is -0.321 e. The third kappa shape index (κ3) is 2.99. The molecular formula is C20H16N4O. The van der Waals surface area contributed by atoms with Gasteiger partial charge in [0.15, 0.2) is 0 Å². The number of para-hydroxylation sites is 2. The van der Waals surface area contributed by atoms with E-state index in [1.165, 1.54) is 0 Å². The van der Waals surface area contributed by atoms with Crippen LogP contribution in [0.1, 0.15) is 15.9 Å². The molecule has 0 aliphatic rings. The smallest absolute Gasteiger partial charge is 0.255 e. The van der Waals surface area contributed by atoms with Crippen LogP contribution in [-0.2, 0) is 0 Å². The summed E-state index contributed by atoms with van der Waals surface area (Å²) in [5, 5.41) is 2.87. The van der Waals surface area contributed by atoms with E-state index in [0.717, 1.165) is 22.4 Å². The zero-order chi connectivity index (χ0) is 17.2. The molecule has 0 bridgehead atoms. The number of aryl methyl sites for hydroxylation is 1. The number of fused-ring (bicyclic) bond motifs is 1. The highest BCUT2D eigenvalue weighted by Gasteiger charge is 2.08. The average molecular weight is 328 g/mol. The average Bonchev–Trinajstić information content (AvgIpc) is 3.06. The second-order valence-corrected chi connectivity index (χ2v) is 5.83. The maximum absolute atomic E-state index is 12.3. The highest BCUT2D eigenvalue weighted by Crippen LogP contribution is 2.18. The first kappa shape index (κ1) is 15.1. The number of carbonyl (C=O) groups is 1. The number of amides is 1. The summed E-state index contributed by atoms with van der Waals surface area (Å²) in [6.45, 7) is 1.96. The van der Waals surface area contributed by atoms with Gasteiger partial charge < -0.3 is 5.32 Å². The van der Waals surface area contributed by atoms with E-state index in [1.807, 2.05) is 66.1 Å². The zero-order valence-electron chi connectivity index (χ0n) is 13.7. The summed E-state index contributed by atoms with van der Waals surface area (Å²) in [6.07, 6.45) is 3.40. The van der Waals surface area contributed by atoms with Gasteiger partial charge in [-0.05, 0) is 43.3 Å². The zero-order valence-corrected chi connectivity index (χ0v) is 13.7. The molecule has 0 atom stereocenters. The molecule has 2 aromatic heterocycles. The Kier molecular flexibility index (Phi) is 3.74. The number of nitrogens with one attached hydrogen (secondary N) is 1. The summed E-state index contributed by atoms with van der Waals surface area (Å²) >= 11 is 0. The van der Waals surface area contributed by atoms with Gasteiger partial charge in [0.25, 0.3) is 5.91 Å². The summed E-state index contributed by atoms with van der Waals surface area (Å²) in [5.74, 6) is 0.605. The molecule has 0 fully saturated rings. The molecule has 5 heteroatoms. The number of imidazole rings is 1. The Balaban J connectivity index is 1.57. The Morgan fingerprint density at radius 1 is 1.00 bits per heavy atom. The predicted molar refractivity (Wildman–Crippen MR) is 98.0 cm³/mol. The van der Waals surface area contributed by atoms with Crippen molar-refractivity contribution in [3.8, 4) is 5.82 Å². The number of nitrogens with zero attached hydrogens (tertiary/aromatic N) is 3. The molecule has 122 valence electrons. The molecule has 0 saturated heterocycles. The van der Waals surface area contributed by atoms with Gasteiger partial charge in [-0.1, -0.05) is 29.8 Å². The maximum Gasteiger partial charge on any atom is 0.255 e. The number of carbonyl (C=O) groups excluding carboxylic acids is 1. The molecule has 1 N–H and O–H groups in total. The van der Waals surface area contributed by atoms with Crippen molar-refractivity contribution >= 4 is 22.6 Å². The van der Waals surface area contributed by atoms with E-state index in [-0.39, 0.29) is 5.91 Å². The Morgan fingerprint density at radius 3 is 2.68 bits per heavy atom. The van der Waals surface area contributed by atoms with Crippen LogP contribution < -0.4 is 5.32 Å². The molecule has 5 nitrogen and oxygen atoms in total. The van der Waals surface area contributed by atoms with Gasteiger partial charge in [-0.25, -0.2) is 9.97 Å². The number of hydrogen-bond donors (Lipinski definition) is 1. The molecule has 4 aromatic rings. The van der Waals surface area contributed by atoms with Crippen molar-refractivity contribution in [2.24, 2.45) is 0 Å². The van der Waals surface area contributed by atoms with Crippen molar-refractivity contribution < 1.29 is 4.79 Å². The van der Waals surface area contributed by atoms with Crippen LogP contribution in [0.25, 0.3) is 16.9 Å². The quantitative estimate of drug-likeness (QED) is 0.619. The van der Waals surface area contributed by atoms with Crippen LogP contribution in [0.5, 0.6) is 0 Å². The van der Waals surface area contributed by atoms with Gasteiger partial charge in [0.2, 0.25) is 0 Å². The summed E-state index contributed by atoms with van der Waals surface area (Å²) in [7, 11) is 0. The molecule has 0 unspecified atom stereocenters. The van der Waals surface area contributed by atoms with Crippen LogP contribution in [-0.4, -0.2) is 20.4 Å². The number of rotatable bonds is 3. The van der Waals surface area contributed by atoms with E-state index in [4.69, 9.17) is 0 Å². The van der Waals surface area contributed by atoms with Gasteiger partial charge in [0.1, 0.15) is 12.1 Å². The van der Waals surface area contributed by atoms with Gasteiger partial charge in [0.05, 0.1) is 22.9 Å². The lowest BCUT2D eigenvalue weighted by molar-refractivity contribution is 0.102. The molecular weight excluding hydrogens is 312 g/mol. The fourth-order valence-corrected chi connectivity index (χ4v) is 2.73. The van der Waals surface area contributed by atoms with Crippen molar-refractivity contribution in [3.63, 3.8) is 0 Å². The van der Waals surface area contributed by atoms with Gasteiger partial charge >= 0.3 is 0 Å². The Hall–Kier alpha value is -3.47. The van der Waals surface area contributed by atoms with Crippen molar-refractivity contribution in [2.45, 2.75) is 6.92 Å². The summed E-state index contributed by atoms with van der Waals surface area (Å²) in [4.78, 5) is 21.1. The van der Waals surface area contributed by atoms with Crippen molar-refractivity contribution in [1.29, 1.82) is 0 Å². The Bertz CT molecular complexity index is 1050. The van der Waals surface area contributed by atoms with Crippen LogP contribution in [0.2, 0.25) is 0 Å². The lowest BCUT2D eigenvalue weighted by Crippen LogP contribution is -2.12. The van der Waals surface area contributed by atoms with Crippen molar-refractivity contribution in [3.05, 3.63) is 84.3 Å². The van der Waals surface area contributed by atoms with Crippen LogP contribution in [0.3, 0.4) is 0 Å². The van der Waals surface area contributed by atoms with Crippen molar-refractivity contribution in [2.75, 3.05) is 5.32 Å². The SMILES string of the molecule is Cc1cccc(C(=O)Nc2ccc(-n3cnc4ccccc43)nc2)c1. The summed E-state index contributed by atoms with van der Waals surface area (Å²) < 4.78 is 1.92. The molecule has 0 spiro atoms. The van der Waals surface area contributed by atoms with Crippen molar-refractivity contribution in [1.82, 2.24) is 14.5 Å². The molecule has 0 aliphatic heterocycles. The van der Waals surface area contributed by atoms with Crippen LogP contribution in [0.15, 0.2) is 73.2 Å². The predicted octanol–water partition coefficient (Wildman–Crippen LogP) is 3.98. The second kappa shape index (κ2) is 6.20. The van der Waals surface area contributed by atoms with E-state index in [2.05, 4.69) is 15.3 Å². The van der Waals surface area contributed by atoms with E-state index in [0.29, 0.717) is 11.3 Å². The first-order valence-corrected chi connectivity index (χ1v) is 7.97. The molecule has 2 heterocycles. The molecule has 25 heavy (non-hydrogen) atoms. The minimum absolute atomic E-state index is 0.147. The largest absolute Gasteiger partial charge is 0.321 e. The third-order valence-corrected chi connectivity index (χ3v) is 3.99. The first-order valence-electron chi connectivity index (χ1n) is 7.97. The number of hydrogen-bond acceptors (Lipinski definition) is 3. The minimum atomic E-state index is -0.147. The van der Waals surface area contributed by atoms with Crippen LogP contribution in [0.4, 0.5) is 5.69 Å². The number of pyridine rings is 1. The molecule has 2 aromatic carbocycles. The topological polar surface area (TPSA) is 59.8 Å². The fourth-order valence-electron chi connectivity index (χ4n) is 2.73. The van der Waals surface area contributed by atoms with E-state index < -0.39 is 0 Å². The molecule has 0 radical (unpaired) electrons. The monoisotopic (exact) mass is 328 g/mol. The molecule has 0 aliphatic carbocycles. The molecule has 4 rings (SSSR count). The van der Waals surface area contributed by atoms with Crippen LogP contribution in [0, 0.1) is 6.92 Å². The summed E-state index contributed by atoms with van der Waals surface area (Å²) in [5.41, 5.74) is 4.24. The Morgan fingerprint density at radius 2 is 1.88 bits per heavy atom. The maximum atomic E-state index is 12.3. The Labute approximate surface area is 145 Å². The lowest BCUT2D eigenvalue weighted by Gasteiger charge is -2.07. The number of aromatic nitrogens is 3. The van der Waals surface area contributed by atoms with Crippen LogP contribution >= 0.6 is 0 Å². The number of benzene rings is 2. The normalized spacial score (nSPS) is 10.8. The fraction of sp³-hybridized carbons (Fsp3) is 0.0500. The van der Waals surface area contributed by atoms with Gasteiger partial charge in [-0.2, -0.15) is 0 Å². The van der Waals surface area contributed by atoms with Gasteiger partial charge in [0, 0.05) is 5.56 Å². The highest BCUT2D eigenvalue weighted by atomic mass is 16.1. The van der Waals surface area contributed by atoms with E-state index in [1.54, 1.807) is 18.6 Å². The van der Waals surface area contributed by atoms with Gasteiger partial charge in [-0.3, -0.25) is 9.36 Å². The van der Waals surface area contributed by atoms with E-state index in [9.17, 15) is 4.79 Å². The lowest BCUT2D eigenvalue weighted by atomic mass is 10.1. The third-order valence-electron chi connectivity index (χ3n) is 3.99. The van der Waals surface area contributed by atoms with E-state index >= 15 is 0 Å². The number of anilines is 1. The molecule has 0 saturated carbocycles. The summed E-state index contributed by atoms with van der Waals surface area (Å²) in [6, 6.07) is 19.1.